The van der Waals surface area contributed by atoms with Crippen molar-refractivity contribution >= 4 is 21.5 Å². The molecule has 1 radical (unpaired) electrons. The number of hydrogen-bond acceptors (Lipinski definition) is 7. The third-order valence-corrected chi connectivity index (χ3v) is 8.30. The standard InChI is InChI=1S/C32H19N6.C10H9N2.Ir/c1-3-7-27-19-33-29(17-25(27)5-1)21-9-13-23(14-10-21)31-35-37-32(38-36-31)24-15-11-22(12-16-24)30-18-26-6-2-4-8-28(26)20-34-30;1-12-8-7-11-10(12)9-5-3-2-4-6-9;/h1-15,17-20H;2-5,7-8H,1H3;/q2*-1;. The third-order valence-electron chi connectivity index (χ3n) is 8.30. The van der Waals surface area contributed by atoms with E-state index in [1.165, 1.54) is 0 Å². The molecule has 0 bridgehead atoms. The van der Waals surface area contributed by atoms with E-state index in [1.807, 2.05) is 121 Å². The molecule has 0 saturated carbocycles. The third kappa shape index (κ3) is 7.35. The molecular formula is C42H28IrN8-2. The largest absolute Gasteiger partial charge is 0.373 e. The minimum Gasteiger partial charge on any atom is -0.373 e. The van der Waals surface area contributed by atoms with Crippen molar-refractivity contribution in [3.8, 4) is 56.7 Å². The first-order valence-electron chi connectivity index (χ1n) is 16.0. The normalized spacial score (nSPS) is 10.7. The van der Waals surface area contributed by atoms with Crippen LogP contribution in [0.1, 0.15) is 0 Å². The summed E-state index contributed by atoms with van der Waals surface area (Å²) in [6.45, 7) is 0. The molecule has 0 fully saturated rings. The van der Waals surface area contributed by atoms with Crippen molar-refractivity contribution in [2.45, 2.75) is 0 Å². The first-order chi connectivity index (χ1) is 24.7. The first kappa shape index (κ1) is 33.2. The molecule has 0 aliphatic heterocycles. The van der Waals surface area contributed by atoms with E-state index >= 15 is 0 Å². The molecule has 8 nitrogen and oxygen atoms in total. The smallest absolute Gasteiger partial charge is 0.201 e. The van der Waals surface area contributed by atoms with Gasteiger partial charge in [0.1, 0.15) is 5.82 Å². The van der Waals surface area contributed by atoms with Gasteiger partial charge in [0.2, 0.25) is 5.82 Å². The second-order valence-electron chi connectivity index (χ2n) is 11.6. The predicted octanol–water partition coefficient (Wildman–Crippen LogP) is 8.72. The number of aromatic nitrogens is 8. The van der Waals surface area contributed by atoms with Gasteiger partial charge in [0.25, 0.3) is 0 Å². The summed E-state index contributed by atoms with van der Waals surface area (Å²) in [6.07, 6.45) is 7.50. The quantitative estimate of drug-likeness (QED) is 0.160. The van der Waals surface area contributed by atoms with Crippen molar-refractivity contribution in [3.05, 3.63) is 164 Å². The zero-order valence-electron chi connectivity index (χ0n) is 27.3. The Morgan fingerprint density at radius 2 is 1.08 bits per heavy atom. The fraction of sp³-hybridized carbons (Fsp3) is 0.0238. The Morgan fingerprint density at radius 3 is 1.65 bits per heavy atom. The Kier molecular flexibility index (Phi) is 9.83. The molecule has 5 aromatic carbocycles. The maximum absolute atomic E-state index is 4.60. The number of benzene rings is 5. The van der Waals surface area contributed by atoms with Crippen LogP contribution in [0.3, 0.4) is 0 Å². The molecular weight excluding hydrogens is 809 g/mol. The Hall–Kier alpha value is -6.28. The number of hydrogen-bond donors (Lipinski definition) is 0. The van der Waals surface area contributed by atoms with Crippen LogP contribution in [-0.4, -0.2) is 39.9 Å². The van der Waals surface area contributed by atoms with Crippen LogP contribution in [0.15, 0.2) is 152 Å². The average molecular weight is 837 g/mol. The van der Waals surface area contributed by atoms with Crippen molar-refractivity contribution in [3.63, 3.8) is 0 Å². The van der Waals surface area contributed by atoms with Gasteiger partial charge in [-0.15, -0.1) is 75.9 Å². The Labute approximate surface area is 308 Å². The van der Waals surface area contributed by atoms with E-state index in [1.54, 1.807) is 6.20 Å². The van der Waals surface area contributed by atoms with Crippen molar-refractivity contribution in [1.82, 2.24) is 39.9 Å². The summed E-state index contributed by atoms with van der Waals surface area (Å²) < 4.78 is 1.98. The van der Waals surface area contributed by atoms with Crippen LogP contribution >= 0.6 is 0 Å². The average Bonchev–Trinajstić information content (AvgIpc) is 3.64. The molecule has 4 heterocycles. The molecule has 0 aliphatic carbocycles. The number of nitrogens with zero attached hydrogens (tertiary/aromatic N) is 8. The number of pyridine rings is 2. The van der Waals surface area contributed by atoms with Crippen molar-refractivity contribution in [1.29, 1.82) is 0 Å². The van der Waals surface area contributed by atoms with E-state index in [2.05, 4.69) is 83.9 Å². The summed E-state index contributed by atoms with van der Waals surface area (Å²) >= 11 is 0. The SMILES string of the molecule is Cn1ccnc1-c1[c-]cccc1.[Ir].[c-]1cc(-c2cc3ccccc3cn2)ccc1-c1nnc(-c2ccc(-c3cc4ccccc4cn3)cc2)nn1. The van der Waals surface area contributed by atoms with Crippen LogP contribution in [0.25, 0.3) is 78.2 Å². The Balaban J connectivity index is 0.000000265. The summed E-state index contributed by atoms with van der Waals surface area (Å²) in [5.74, 6) is 1.84. The van der Waals surface area contributed by atoms with Gasteiger partial charge in [-0.25, -0.2) is 0 Å². The molecule has 0 aliphatic rings. The molecule has 51 heavy (non-hydrogen) atoms. The number of rotatable bonds is 5. The summed E-state index contributed by atoms with van der Waals surface area (Å²) in [5, 5.41) is 21.8. The Morgan fingerprint density at radius 1 is 0.510 bits per heavy atom. The maximum Gasteiger partial charge on any atom is 0.201 e. The number of fused-ring (bicyclic) bond motifs is 2. The molecule has 247 valence electrons. The molecule has 4 aromatic heterocycles. The molecule has 0 atom stereocenters. The van der Waals surface area contributed by atoms with Crippen molar-refractivity contribution in [2.75, 3.05) is 0 Å². The van der Waals surface area contributed by atoms with Gasteiger partial charge in [-0.05, 0) is 28.3 Å². The molecule has 9 rings (SSSR count). The van der Waals surface area contributed by atoms with Crippen LogP contribution in [0.4, 0.5) is 0 Å². The Bertz CT molecular complexity index is 2390. The zero-order chi connectivity index (χ0) is 33.7. The monoisotopic (exact) mass is 837 g/mol. The van der Waals surface area contributed by atoms with Gasteiger partial charge >= 0.3 is 0 Å². The molecule has 9 heteroatoms. The van der Waals surface area contributed by atoms with E-state index in [0.717, 1.165) is 66.6 Å². The van der Waals surface area contributed by atoms with E-state index < -0.39 is 0 Å². The maximum atomic E-state index is 4.60. The zero-order valence-corrected chi connectivity index (χ0v) is 29.7. The van der Waals surface area contributed by atoms with Gasteiger partial charge in [0.15, 0.2) is 0 Å². The number of aryl methyl sites for hydroxylation is 1. The van der Waals surface area contributed by atoms with Crippen molar-refractivity contribution in [2.24, 2.45) is 7.05 Å². The summed E-state index contributed by atoms with van der Waals surface area (Å²) in [6, 6.07) is 48.5. The summed E-state index contributed by atoms with van der Waals surface area (Å²) in [4.78, 5) is 13.4. The van der Waals surface area contributed by atoms with E-state index in [-0.39, 0.29) is 20.1 Å². The molecule has 0 amide bonds. The predicted molar refractivity (Wildman–Crippen MR) is 196 cm³/mol. The number of imidazole rings is 1. The summed E-state index contributed by atoms with van der Waals surface area (Å²) in [7, 11) is 1.98. The van der Waals surface area contributed by atoms with Crippen LogP contribution < -0.4 is 0 Å². The van der Waals surface area contributed by atoms with E-state index in [4.69, 9.17) is 0 Å². The topological polar surface area (TPSA) is 95.2 Å². The molecule has 0 saturated heterocycles. The molecule has 9 aromatic rings. The molecule has 0 unspecified atom stereocenters. The fourth-order valence-corrected chi connectivity index (χ4v) is 5.61. The first-order valence-corrected chi connectivity index (χ1v) is 16.0. The fourth-order valence-electron chi connectivity index (χ4n) is 5.61. The van der Waals surface area contributed by atoms with Crippen LogP contribution in [-0.2, 0) is 27.2 Å². The second-order valence-corrected chi connectivity index (χ2v) is 11.6. The van der Waals surface area contributed by atoms with Gasteiger partial charge in [0.05, 0.1) is 11.5 Å². The van der Waals surface area contributed by atoms with Crippen LogP contribution in [0, 0.1) is 12.1 Å². The summed E-state index contributed by atoms with van der Waals surface area (Å²) in [5.41, 5.74) is 6.39. The van der Waals surface area contributed by atoms with Gasteiger partial charge < -0.3 is 4.57 Å². The minimum atomic E-state index is 0. The van der Waals surface area contributed by atoms with Gasteiger partial charge in [0, 0.05) is 74.1 Å². The second kappa shape index (κ2) is 15.1. The molecule has 0 N–H and O–H groups in total. The molecule has 0 spiro atoms. The van der Waals surface area contributed by atoms with Gasteiger partial charge in [-0.2, -0.15) is 10.2 Å². The minimum absolute atomic E-state index is 0. The van der Waals surface area contributed by atoms with E-state index in [9.17, 15) is 0 Å². The van der Waals surface area contributed by atoms with Crippen molar-refractivity contribution < 1.29 is 20.1 Å². The van der Waals surface area contributed by atoms with Crippen LogP contribution in [0.5, 0.6) is 0 Å². The van der Waals surface area contributed by atoms with Gasteiger partial charge in [-0.1, -0.05) is 78.4 Å². The van der Waals surface area contributed by atoms with Gasteiger partial charge in [-0.3, -0.25) is 15.0 Å². The van der Waals surface area contributed by atoms with Crippen LogP contribution in [0.2, 0.25) is 0 Å². The van der Waals surface area contributed by atoms with E-state index in [0.29, 0.717) is 11.6 Å².